The topological polar surface area (TPSA) is 37.9 Å². The van der Waals surface area contributed by atoms with Crippen molar-refractivity contribution in [1.82, 2.24) is 9.97 Å². The highest BCUT2D eigenvalue weighted by molar-refractivity contribution is 5.80. The Hall–Kier alpha value is -2.36. The predicted octanol–water partition coefficient (Wildman–Crippen LogP) is 3.29. The number of aromatic amines is 1. The van der Waals surface area contributed by atoms with Crippen molar-refractivity contribution in [2.24, 2.45) is 0 Å². The molecular weight excluding hydrogens is 219 g/mol. The van der Waals surface area contributed by atoms with Gasteiger partial charge >= 0.3 is 0 Å². The first kappa shape index (κ1) is 9.84. The minimum atomic E-state index is -0.420. The molecule has 17 heavy (non-hydrogen) atoms. The molecule has 4 heteroatoms. The monoisotopic (exact) mass is 227 g/mol. The molecule has 0 saturated carbocycles. The molecule has 0 spiro atoms. The van der Waals surface area contributed by atoms with E-state index >= 15 is 0 Å². The lowest BCUT2D eigenvalue weighted by atomic mass is 10.2. The number of nitrogens with zero attached hydrogens (tertiary/aromatic N) is 1. The van der Waals surface area contributed by atoms with Crippen molar-refractivity contribution in [1.29, 1.82) is 0 Å². The van der Waals surface area contributed by atoms with E-state index in [0.29, 0.717) is 11.5 Å². The molecule has 0 atom stereocenters. The minimum absolute atomic E-state index is 0.375. The van der Waals surface area contributed by atoms with Crippen LogP contribution in [0.25, 0.3) is 10.9 Å². The molecule has 0 unspecified atom stereocenters. The molecule has 1 radical (unpaired) electrons. The van der Waals surface area contributed by atoms with Crippen LogP contribution in [0, 0.1) is 11.9 Å². The Bertz CT molecular complexity index is 663. The summed E-state index contributed by atoms with van der Waals surface area (Å²) in [5.74, 6) is 0.581. The highest BCUT2D eigenvalue weighted by Gasteiger charge is 2.01. The molecule has 1 N–H and O–H groups in total. The number of aromatic nitrogens is 2. The third kappa shape index (κ3) is 1.97. The van der Waals surface area contributed by atoms with E-state index in [4.69, 9.17) is 4.74 Å². The Balaban J connectivity index is 1.94. The molecule has 2 heterocycles. The van der Waals surface area contributed by atoms with Gasteiger partial charge in [0.1, 0.15) is 17.3 Å². The lowest BCUT2D eigenvalue weighted by Crippen LogP contribution is -1.86. The Morgan fingerprint density at radius 3 is 3.00 bits per heavy atom. The lowest BCUT2D eigenvalue weighted by Gasteiger charge is -2.04. The number of hydrogen-bond acceptors (Lipinski definition) is 2. The Kier molecular flexibility index (Phi) is 2.26. The van der Waals surface area contributed by atoms with E-state index in [1.807, 2.05) is 12.1 Å². The summed E-state index contributed by atoms with van der Waals surface area (Å²) in [5.41, 5.74) is 0.923. The maximum Gasteiger partial charge on any atom is 0.148 e. The van der Waals surface area contributed by atoms with Crippen molar-refractivity contribution < 1.29 is 9.13 Å². The molecule has 0 amide bonds. The number of hydrogen-bond donors (Lipinski definition) is 1. The molecule has 0 fully saturated rings. The van der Waals surface area contributed by atoms with Gasteiger partial charge in [0, 0.05) is 35.3 Å². The first-order valence-electron chi connectivity index (χ1n) is 5.08. The van der Waals surface area contributed by atoms with Gasteiger partial charge in [0.15, 0.2) is 0 Å². The molecule has 0 aliphatic heterocycles. The number of nitrogens with one attached hydrogen (secondary N) is 1. The summed E-state index contributed by atoms with van der Waals surface area (Å²) < 4.78 is 18.4. The number of pyridine rings is 1. The Morgan fingerprint density at radius 2 is 2.12 bits per heavy atom. The molecule has 3 nitrogen and oxygen atoms in total. The summed E-state index contributed by atoms with van der Waals surface area (Å²) in [7, 11) is 0. The molecule has 83 valence electrons. The van der Waals surface area contributed by atoms with Gasteiger partial charge in [-0.1, -0.05) is 0 Å². The van der Waals surface area contributed by atoms with Crippen LogP contribution < -0.4 is 4.74 Å². The predicted molar refractivity (Wildman–Crippen MR) is 61.4 cm³/mol. The lowest BCUT2D eigenvalue weighted by molar-refractivity contribution is 0.474. The van der Waals surface area contributed by atoms with E-state index in [9.17, 15) is 4.39 Å². The van der Waals surface area contributed by atoms with Gasteiger partial charge < -0.3 is 9.72 Å². The van der Waals surface area contributed by atoms with Crippen molar-refractivity contribution >= 4 is 10.9 Å². The zero-order valence-electron chi connectivity index (χ0n) is 8.77. The summed E-state index contributed by atoms with van der Waals surface area (Å²) in [6.07, 6.45) is 4.34. The second-order valence-electron chi connectivity index (χ2n) is 3.58. The average molecular weight is 227 g/mol. The van der Waals surface area contributed by atoms with Crippen LogP contribution in [0.1, 0.15) is 0 Å². The molecule has 0 aliphatic rings. The second kappa shape index (κ2) is 3.90. The van der Waals surface area contributed by atoms with Crippen molar-refractivity contribution in [2.45, 2.75) is 0 Å². The molecule has 2 aromatic heterocycles. The highest BCUT2D eigenvalue weighted by Crippen LogP contribution is 2.24. The quantitative estimate of drug-likeness (QED) is 0.729. The molecule has 3 rings (SSSR count). The fourth-order valence-electron chi connectivity index (χ4n) is 1.61. The van der Waals surface area contributed by atoms with Gasteiger partial charge in [-0.3, -0.25) is 4.98 Å². The van der Waals surface area contributed by atoms with Gasteiger partial charge in [-0.2, -0.15) is 0 Å². The van der Waals surface area contributed by atoms with Crippen LogP contribution in [0.4, 0.5) is 4.39 Å². The standard InChI is InChI=1S/C13H8FN2O/c14-10-5-12(8-15-7-10)17-11-2-1-9-3-4-16-13(9)6-11/h1-2,4-8,16H. The maximum absolute atomic E-state index is 12.9. The van der Waals surface area contributed by atoms with Crippen LogP contribution in [0.2, 0.25) is 0 Å². The number of rotatable bonds is 2. The van der Waals surface area contributed by atoms with Crippen molar-refractivity contribution in [2.75, 3.05) is 0 Å². The largest absolute Gasteiger partial charge is 0.456 e. The summed E-state index contributed by atoms with van der Waals surface area (Å²) >= 11 is 0. The second-order valence-corrected chi connectivity index (χ2v) is 3.58. The van der Waals surface area contributed by atoms with Crippen molar-refractivity contribution in [3.05, 3.63) is 54.7 Å². The van der Waals surface area contributed by atoms with Crippen LogP contribution in [0.15, 0.2) is 42.9 Å². The molecular formula is C13H8FN2O. The van der Waals surface area contributed by atoms with E-state index < -0.39 is 5.82 Å². The van der Waals surface area contributed by atoms with E-state index in [0.717, 1.165) is 17.1 Å². The maximum atomic E-state index is 12.9. The molecule has 0 saturated heterocycles. The smallest absolute Gasteiger partial charge is 0.148 e. The molecule has 3 aromatic rings. The van der Waals surface area contributed by atoms with Crippen molar-refractivity contribution in [3.8, 4) is 11.5 Å². The summed E-state index contributed by atoms with van der Waals surface area (Å²) in [5, 5.41) is 0.981. The van der Waals surface area contributed by atoms with Gasteiger partial charge in [-0.15, -0.1) is 0 Å². The van der Waals surface area contributed by atoms with Crippen LogP contribution in [0.3, 0.4) is 0 Å². The zero-order chi connectivity index (χ0) is 11.7. The Morgan fingerprint density at radius 1 is 1.18 bits per heavy atom. The normalized spacial score (nSPS) is 10.6. The van der Waals surface area contributed by atoms with E-state index in [1.54, 1.807) is 12.3 Å². The highest BCUT2D eigenvalue weighted by atomic mass is 19.1. The minimum Gasteiger partial charge on any atom is -0.456 e. The molecule has 0 bridgehead atoms. The molecule has 1 aromatic carbocycles. The molecule has 0 aliphatic carbocycles. The number of halogens is 1. The third-order valence-electron chi connectivity index (χ3n) is 2.36. The summed E-state index contributed by atoms with van der Waals surface area (Å²) in [6, 6.07) is 9.84. The fourth-order valence-corrected chi connectivity index (χ4v) is 1.61. The first-order valence-corrected chi connectivity index (χ1v) is 5.08. The number of fused-ring (bicyclic) bond motifs is 1. The van der Waals surface area contributed by atoms with Gasteiger partial charge in [-0.05, 0) is 12.1 Å². The Labute approximate surface area is 96.9 Å². The summed E-state index contributed by atoms with van der Waals surface area (Å²) in [6.45, 7) is 0. The van der Waals surface area contributed by atoms with E-state index in [2.05, 4.69) is 16.0 Å². The van der Waals surface area contributed by atoms with Gasteiger partial charge in [0.05, 0.1) is 12.4 Å². The van der Waals surface area contributed by atoms with E-state index in [-0.39, 0.29) is 0 Å². The number of benzene rings is 1. The third-order valence-corrected chi connectivity index (χ3v) is 2.36. The summed E-state index contributed by atoms with van der Waals surface area (Å²) in [4.78, 5) is 6.75. The van der Waals surface area contributed by atoms with Crippen LogP contribution in [-0.4, -0.2) is 9.97 Å². The van der Waals surface area contributed by atoms with Crippen LogP contribution in [-0.2, 0) is 0 Å². The SMILES string of the molecule is Fc1cncc(Oc2ccc3[c]c[nH]c3c2)c1. The zero-order valence-corrected chi connectivity index (χ0v) is 8.77. The van der Waals surface area contributed by atoms with Gasteiger partial charge in [0.2, 0.25) is 0 Å². The van der Waals surface area contributed by atoms with Crippen LogP contribution >= 0.6 is 0 Å². The first-order chi connectivity index (χ1) is 8.31. The van der Waals surface area contributed by atoms with Gasteiger partial charge in [-0.25, -0.2) is 4.39 Å². The van der Waals surface area contributed by atoms with Gasteiger partial charge in [0.25, 0.3) is 0 Å². The average Bonchev–Trinajstić information content (AvgIpc) is 2.76. The van der Waals surface area contributed by atoms with E-state index in [1.165, 1.54) is 12.3 Å². The van der Waals surface area contributed by atoms with Crippen LogP contribution in [0.5, 0.6) is 11.5 Å². The number of ether oxygens (including phenoxy) is 1. The van der Waals surface area contributed by atoms with Crippen molar-refractivity contribution in [3.63, 3.8) is 0 Å². The number of H-pyrrole nitrogens is 1. The fraction of sp³-hybridized carbons (Fsp3) is 0.